The van der Waals surface area contributed by atoms with E-state index in [0.29, 0.717) is 45.9 Å². The Morgan fingerprint density at radius 1 is 1.24 bits per heavy atom. The summed E-state index contributed by atoms with van der Waals surface area (Å²) in [4.78, 5) is 36.2. The van der Waals surface area contributed by atoms with E-state index in [-0.39, 0.29) is 5.91 Å². The standard InChI is InChI=1S/C24H26ClN3O5/c1-14(2)13-33-21-18(25)10-15(11-19(21)32-4)8-9-20(29)26-17-7-5-6-16(12-17)24(3)22(30)27-23(31)28-24/h5-12,14H,13H2,1-4H3,(H,26,29)(H2,27,28,30,31)/b9-8+. The number of anilines is 1. The fraction of sp³-hybridized carbons (Fsp3) is 0.292. The summed E-state index contributed by atoms with van der Waals surface area (Å²) < 4.78 is 11.1. The number of halogens is 1. The lowest BCUT2D eigenvalue weighted by atomic mass is 9.92. The number of nitrogens with one attached hydrogen (secondary N) is 3. The van der Waals surface area contributed by atoms with Crippen molar-refractivity contribution in [3.8, 4) is 11.5 Å². The molecule has 33 heavy (non-hydrogen) atoms. The largest absolute Gasteiger partial charge is 0.493 e. The second kappa shape index (κ2) is 9.95. The average Bonchev–Trinajstić information content (AvgIpc) is 3.03. The number of methoxy groups -OCH3 is 1. The molecule has 1 heterocycles. The smallest absolute Gasteiger partial charge is 0.322 e. The third kappa shape index (κ3) is 5.64. The Labute approximate surface area is 197 Å². The van der Waals surface area contributed by atoms with Gasteiger partial charge < -0.3 is 20.1 Å². The number of rotatable bonds is 8. The fourth-order valence-electron chi connectivity index (χ4n) is 3.24. The Balaban J connectivity index is 1.72. The molecule has 1 saturated heterocycles. The highest BCUT2D eigenvalue weighted by molar-refractivity contribution is 6.32. The molecule has 1 atom stereocenters. The van der Waals surface area contributed by atoms with E-state index in [9.17, 15) is 14.4 Å². The van der Waals surface area contributed by atoms with Crippen LogP contribution < -0.4 is 25.4 Å². The Morgan fingerprint density at radius 3 is 2.64 bits per heavy atom. The van der Waals surface area contributed by atoms with Crippen LogP contribution in [0.5, 0.6) is 11.5 Å². The molecule has 0 radical (unpaired) electrons. The molecule has 2 aromatic carbocycles. The van der Waals surface area contributed by atoms with Gasteiger partial charge in [0.2, 0.25) is 5.91 Å². The maximum atomic E-state index is 12.5. The number of amides is 4. The van der Waals surface area contributed by atoms with Crippen LogP contribution in [0.25, 0.3) is 6.08 Å². The number of benzene rings is 2. The van der Waals surface area contributed by atoms with Crippen molar-refractivity contribution >= 4 is 41.2 Å². The fourth-order valence-corrected chi connectivity index (χ4v) is 3.51. The number of imide groups is 1. The second-order valence-electron chi connectivity index (χ2n) is 8.18. The number of hydrogen-bond donors (Lipinski definition) is 3. The molecule has 8 nitrogen and oxygen atoms in total. The molecule has 1 unspecified atom stereocenters. The molecule has 0 spiro atoms. The van der Waals surface area contributed by atoms with Crippen molar-refractivity contribution in [2.45, 2.75) is 26.3 Å². The Morgan fingerprint density at radius 2 is 2.00 bits per heavy atom. The first-order valence-electron chi connectivity index (χ1n) is 10.4. The van der Waals surface area contributed by atoms with Crippen molar-refractivity contribution in [2.24, 2.45) is 5.92 Å². The molecule has 0 saturated carbocycles. The maximum absolute atomic E-state index is 12.5. The van der Waals surface area contributed by atoms with E-state index >= 15 is 0 Å². The molecule has 4 amide bonds. The van der Waals surface area contributed by atoms with Gasteiger partial charge in [-0.25, -0.2) is 4.79 Å². The van der Waals surface area contributed by atoms with Gasteiger partial charge in [-0.1, -0.05) is 37.6 Å². The van der Waals surface area contributed by atoms with E-state index < -0.39 is 17.5 Å². The lowest BCUT2D eigenvalue weighted by Crippen LogP contribution is -2.40. The van der Waals surface area contributed by atoms with Crippen LogP contribution in [0.15, 0.2) is 42.5 Å². The Kier molecular flexibility index (Phi) is 7.28. The van der Waals surface area contributed by atoms with Crippen LogP contribution in [0, 0.1) is 5.92 Å². The lowest BCUT2D eigenvalue weighted by molar-refractivity contribution is -0.123. The van der Waals surface area contributed by atoms with Gasteiger partial charge in [-0.15, -0.1) is 0 Å². The van der Waals surface area contributed by atoms with Gasteiger partial charge >= 0.3 is 6.03 Å². The summed E-state index contributed by atoms with van der Waals surface area (Å²) in [7, 11) is 1.52. The maximum Gasteiger partial charge on any atom is 0.322 e. The Hall–Kier alpha value is -3.52. The van der Waals surface area contributed by atoms with Crippen LogP contribution in [0.4, 0.5) is 10.5 Å². The molecule has 2 aromatic rings. The molecule has 0 aliphatic carbocycles. The summed E-state index contributed by atoms with van der Waals surface area (Å²) in [5.74, 6) is 0.424. The van der Waals surface area contributed by atoms with E-state index in [2.05, 4.69) is 16.0 Å². The first-order chi connectivity index (χ1) is 15.6. The number of hydrogen-bond acceptors (Lipinski definition) is 5. The zero-order chi connectivity index (χ0) is 24.2. The Bertz CT molecular complexity index is 1120. The molecule has 174 valence electrons. The van der Waals surface area contributed by atoms with Gasteiger partial charge in [-0.05, 0) is 54.3 Å². The zero-order valence-electron chi connectivity index (χ0n) is 18.8. The molecule has 3 rings (SSSR count). The number of ether oxygens (including phenoxy) is 2. The molecule has 1 aliphatic rings. The van der Waals surface area contributed by atoms with Gasteiger partial charge in [0.15, 0.2) is 11.5 Å². The predicted molar refractivity (Wildman–Crippen MR) is 126 cm³/mol. The van der Waals surface area contributed by atoms with E-state index in [1.807, 2.05) is 13.8 Å². The van der Waals surface area contributed by atoms with Crippen molar-refractivity contribution < 1.29 is 23.9 Å². The van der Waals surface area contributed by atoms with Crippen LogP contribution in [-0.4, -0.2) is 31.6 Å². The molecular weight excluding hydrogens is 446 g/mol. The minimum absolute atomic E-state index is 0.328. The van der Waals surface area contributed by atoms with E-state index in [4.69, 9.17) is 21.1 Å². The normalized spacial score (nSPS) is 17.8. The number of carbonyl (C=O) groups is 3. The highest BCUT2D eigenvalue weighted by atomic mass is 35.5. The third-order valence-electron chi connectivity index (χ3n) is 4.99. The van der Waals surface area contributed by atoms with Crippen LogP contribution in [0.1, 0.15) is 31.9 Å². The first-order valence-corrected chi connectivity index (χ1v) is 10.7. The van der Waals surface area contributed by atoms with Gasteiger partial charge in [-0.3, -0.25) is 14.9 Å². The third-order valence-corrected chi connectivity index (χ3v) is 5.27. The second-order valence-corrected chi connectivity index (χ2v) is 8.58. The summed E-state index contributed by atoms with van der Waals surface area (Å²) in [6, 6.07) is 9.58. The van der Waals surface area contributed by atoms with Gasteiger partial charge in [0, 0.05) is 11.8 Å². The van der Waals surface area contributed by atoms with Crippen molar-refractivity contribution in [3.63, 3.8) is 0 Å². The van der Waals surface area contributed by atoms with Gasteiger partial charge in [0.1, 0.15) is 5.54 Å². The average molecular weight is 472 g/mol. The van der Waals surface area contributed by atoms with Crippen molar-refractivity contribution in [1.82, 2.24) is 10.6 Å². The molecule has 1 aliphatic heterocycles. The predicted octanol–water partition coefficient (Wildman–Crippen LogP) is 4.09. The highest BCUT2D eigenvalue weighted by Crippen LogP contribution is 2.37. The SMILES string of the molecule is COc1cc(/C=C/C(=O)Nc2cccc(C3(C)NC(=O)NC3=O)c2)cc(Cl)c1OCC(C)C. The van der Waals surface area contributed by atoms with Gasteiger partial charge in [0.05, 0.1) is 18.7 Å². The number of carbonyl (C=O) groups excluding carboxylic acids is 3. The molecule has 9 heteroatoms. The molecule has 0 bridgehead atoms. The lowest BCUT2D eigenvalue weighted by Gasteiger charge is -2.21. The van der Waals surface area contributed by atoms with Gasteiger partial charge in [-0.2, -0.15) is 0 Å². The first kappa shape index (κ1) is 24.1. The van der Waals surface area contributed by atoms with Crippen LogP contribution in [0.3, 0.4) is 0 Å². The summed E-state index contributed by atoms with van der Waals surface area (Å²) in [6.45, 7) is 6.16. The quantitative estimate of drug-likeness (QED) is 0.397. The highest BCUT2D eigenvalue weighted by Gasteiger charge is 2.43. The summed E-state index contributed by atoms with van der Waals surface area (Å²) in [6.07, 6.45) is 2.96. The van der Waals surface area contributed by atoms with Crippen molar-refractivity contribution in [3.05, 3.63) is 58.6 Å². The molecule has 0 aromatic heterocycles. The van der Waals surface area contributed by atoms with Crippen molar-refractivity contribution in [1.29, 1.82) is 0 Å². The molecule has 3 N–H and O–H groups in total. The van der Waals surface area contributed by atoms with E-state index in [0.717, 1.165) is 0 Å². The molecule has 1 fully saturated rings. The van der Waals surface area contributed by atoms with E-state index in [1.54, 1.807) is 49.4 Å². The zero-order valence-corrected chi connectivity index (χ0v) is 19.6. The molecular formula is C24H26ClN3O5. The summed E-state index contributed by atoms with van der Waals surface area (Å²) >= 11 is 6.35. The van der Waals surface area contributed by atoms with Crippen molar-refractivity contribution in [2.75, 3.05) is 19.0 Å². The summed E-state index contributed by atoms with van der Waals surface area (Å²) in [5.41, 5.74) is 0.474. The van der Waals surface area contributed by atoms with Gasteiger partial charge in [0.25, 0.3) is 5.91 Å². The minimum atomic E-state index is -1.21. The summed E-state index contributed by atoms with van der Waals surface area (Å²) in [5, 5.41) is 7.95. The number of urea groups is 1. The van der Waals surface area contributed by atoms with Crippen LogP contribution in [0.2, 0.25) is 5.02 Å². The minimum Gasteiger partial charge on any atom is -0.493 e. The van der Waals surface area contributed by atoms with Crippen LogP contribution in [-0.2, 0) is 15.1 Å². The van der Waals surface area contributed by atoms with E-state index in [1.165, 1.54) is 13.2 Å². The monoisotopic (exact) mass is 471 g/mol. The van der Waals surface area contributed by atoms with Crippen LogP contribution >= 0.6 is 11.6 Å². The topological polar surface area (TPSA) is 106 Å².